The van der Waals surface area contributed by atoms with Crippen LogP contribution in [0.25, 0.3) is 0 Å². The predicted octanol–water partition coefficient (Wildman–Crippen LogP) is 4.45. The number of carbonyl (C=O) groups is 1. The molecule has 0 bridgehead atoms. The summed E-state index contributed by atoms with van der Waals surface area (Å²) in [6, 6.07) is -0.588. The minimum absolute atomic E-state index is 0.0592. The molecule has 1 aromatic heterocycles. The van der Waals surface area contributed by atoms with E-state index in [1.54, 1.807) is 11.0 Å². The van der Waals surface area contributed by atoms with Crippen LogP contribution in [0.1, 0.15) is 77.1 Å². The fourth-order valence-corrected chi connectivity index (χ4v) is 4.78. The van der Waals surface area contributed by atoms with Crippen LogP contribution in [0, 0.1) is 5.41 Å². The van der Waals surface area contributed by atoms with Gasteiger partial charge in [0.25, 0.3) is 5.91 Å². The number of nitrogens with one attached hydrogen (secondary N) is 1. The van der Waals surface area contributed by atoms with Gasteiger partial charge >= 0.3 is 6.18 Å². The predicted molar refractivity (Wildman–Crippen MR) is 106 cm³/mol. The topological polar surface area (TPSA) is 59.4 Å². The van der Waals surface area contributed by atoms with Crippen LogP contribution in [-0.2, 0) is 9.53 Å². The summed E-state index contributed by atoms with van der Waals surface area (Å²) < 4.78 is 48.3. The SMILES string of the molecule is CC(C)(C)[C@@H]1C[C@H](C(F)(F)F)n2nc([C@@H]3CCCCN3C(=O)[C@@H]3CCCO3)cc2N1. The summed E-state index contributed by atoms with van der Waals surface area (Å²) >= 11 is 0. The summed E-state index contributed by atoms with van der Waals surface area (Å²) in [7, 11) is 0. The van der Waals surface area contributed by atoms with Gasteiger partial charge < -0.3 is 15.0 Å². The van der Waals surface area contributed by atoms with Gasteiger partial charge in [0.1, 0.15) is 11.9 Å². The Hall–Kier alpha value is -1.77. The lowest BCUT2D eigenvalue weighted by atomic mass is 9.82. The third-order valence-corrected chi connectivity index (χ3v) is 6.59. The molecule has 30 heavy (non-hydrogen) atoms. The fraction of sp³-hybridized carbons (Fsp3) is 0.810. The van der Waals surface area contributed by atoms with Crippen molar-refractivity contribution in [1.82, 2.24) is 14.7 Å². The average molecular weight is 428 g/mol. The van der Waals surface area contributed by atoms with E-state index in [0.29, 0.717) is 37.5 Å². The molecule has 9 heteroatoms. The van der Waals surface area contributed by atoms with Crippen LogP contribution in [0.3, 0.4) is 0 Å². The largest absolute Gasteiger partial charge is 0.410 e. The number of hydrogen-bond donors (Lipinski definition) is 1. The maximum atomic E-state index is 13.9. The van der Waals surface area contributed by atoms with Crippen molar-refractivity contribution in [3.8, 4) is 0 Å². The summed E-state index contributed by atoms with van der Waals surface area (Å²) in [5, 5.41) is 7.67. The Labute approximate surface area is 175 Å². The zero-order valence-corrected chi connectivity index (χ0v) is 17.8. The van der Waals surface area contributed by atoms with Crippen molar-refractivity contribution < 1.29 is 22.7 Å². The highest BCUT2D eigenvalue weighted by Gasteiger charge is 2.48. The summed E-state index contributed by atoms with van der Waals surface area (Å²) in [6.07, 6.45) is -0.816. The molecule has 4 heterocycles. The van der Waals surface area contributed by atoms with Gasteiger partial charge in [-0.3, -0.25) is 4.79 Å². The smallest absolute Gasteiger partial charge is 0.368 e. The molecule has 0 radical (unpaired) electrons. The van der Waals surface area contributed by atoms with E-state index in [1.807, 2.05) is 20.8 Å². The van der Waals surface area contributed by atoms with Gasteiger partial charge in [-0.15, -0.1) is 0 Å². The fourth-order valence-electron chi connectivity index (χ4n) is 4.78. The number of alkyl halides is 3. The second-order valence-corrected chi connectivity index (χ2v) is 9.80. The number of ether oxygens (including phenoxy) is 1. The monoisotopic (exact) mass is 428 g/mol. The molecular formula is C21H31F3N4O2. The number of piperidine rings is 1. The van der Waals surface area contributed by atoms with E-state index in [0.717, 1.165) is 23.9 Å². The molecule has 2 fully saturated rings. The summed E-state index contributed by atoms with van der Waals surface area (Å²) in [5.74, 6) is 0.324. The number of halogens is 3. The molecule has 0 aliphatic carbocycles. The van der Waals surface area contributed by atoms with Gasteiger partial charge in [0, 0.05) is 25.3 Å². The number of fused-ring (bicyclic) bond motifs is 1. The van der Waals surface area contributed by atoms with E-state index in [9.17, 15) is 18.0 Å². The third kappa shape index (κ3) is 4.05. The molecule has 4 rings (SSSR count). The number of rotatable bonds is 2. The minimum atomic E-state index is -4.39. The van der Waals surface area contributed by atoms with Crippen molar-refractivity contribution in [3.05, 3.63) is 11.8 Å². The standard InChI is InChI=1S/C21H31F3N4O2/c1-20(2,3)16-12-17(21(22,23)24)28-18(25-16)11-13(26-28)14-7-4-5-9-27(14)19(29)15-8-6-10-30-15/h11,14-17,25H,4-10,12H2,1-3H3/t14-,15-,16-,17+/m0/s1. The molecular weight excluding hydrogens is 397 g/mol. The van der Waals surface area contributed by atoms with E-state index < -0.39 is 18.3 Å². The molecule has 0 saturated carbocycles. The first-order chi connectivity index (χ1) is 14.1. The number of carbonyl (C=O) groups excluding carboxylic acids is 1. The van der Waals surface area contributed by atoms with Gasteiger partial charge in [-0.2, -0.15) is 18.3 Å². The lowest BCUT2D eigenvalue weighted by Gasteiger charge is -2.39. The molecule has 0 spiro atoms. The van der Waals surface area contributed by atoms with Crippen molar-refractivity contribution in [3.63, 3.8) is 0 Å². The minimum Gasteiger partial charge on any atom is -0.368 e. The van der Waals surface area contributed by atoms with Crippen LogP contribution >= 0.6 is 0 Å². The first kappa shape index (κ1) is 21.5. The second-order valence-electron chi connectivity index (χ2n) is 9.80. The number of likely N-dealkylation sites (tertiary alicyclic amines) is 1. The highest BCUT2D eigenvalue weighted by molar-refractivity contribution is 5.81. The Morgan fingerprint density at radius 3 is 2.60 bits per heavy atom. The van der Waals surface area contributed by atoms with Crippen molar-refractivity contribution in [2.45, 2.75) is 89.7 Å². The van der Waals surface area contributed by atoms with E-state index >= 15 is 0 Å². The molecule has 1 N–H and O–H groups in total. The molecule has 0 unspecified atom stereocenters. The first-order valence-electron chi connectivity index (χ1n) is 10.9. The zero-order valence-electron chi connectivity index (χ0n) is 17.8. The number of nitrogens with zero attached hydrogens (tertiary/aromatic N) is 3. The Morgan fingerprint density at radius 1 is 1.20 bits per heavy atom. The summed E-state index contributed by atoms with van der Waals surface area (Å²) in [4.78, 5) is 14.8. The Morgan fingerprint density at radius 2 is 1.97 bits per heavy atom. The molecule has 1 aromatic rings. The zero-order chi connectivity index (χ0) is 21.7. The van der Waals surface area contributed by atoms with E-state index in [4.69, 9.17) is 4.74 Å². The number of anilines is 1. The van der Waals surface area contributed by atoms with Gasteiger partial charge in [0.2, 0.25) is 0 Å². The highest BCUT2D eigenvalue weighted by Crippen LogP contribution is 2.44. The quantitative estimate of drug-likeness (QED) is 0.756. The van der Waals surface area contributed by atoms with Crippen LogP contribution < -0.4 is 5.32 Å². The Kier molecular flexibility index (Phi) is 5.53. The van der Waals surface area contributed by atoms with Crippen molar-refractivity contribution in [2.24, 2.45) is 5.41 Å². The van der Waals surface area contributed by atoms with Crippen LogP contribution in [0.5, 0.6) is 0 Å². The number of amides is 1. The van der Waals surface area contributed by atoms with Gasteiger partial charge in [-0.25, -0.2) is 4.68 Å². The second kappa shape index (κ2) is 7.73. The normalized spacial score (nSPS) is 30.1. The van der Waals surface area contributed by atoms with E-state index in [1.165, 1.54) is 0 Å². The molecule has 3 aliphatic heterocycles. The molecule has 3 aliphatic rings. The van der Waals surface area contributed by atoms with Gasteiger partial charge in [0.15, 0.2) is 6.04 Å². The van der Waals surface area contributed by atoms with Crippen molar-refractivity contribution >= 4 is 11.7 Å². The highest BCUT2D eigenvalue weighted by atomic mass is 19.4. The molecule has 0 aromatic carbocycles. The van der Waals surface area contributed by atoms with Gasteiger partial charge in [-0.05, 0) is 43.9 Å². The Balaban J connectivity index is 1.65. The summed E-state index contributed by atoms with van der Waals surface area (Å²) in [5.41, 5.74) is 0.207. The van der Waals surface area contributed by atoms with Crippen LogP contribution in [0.4, 0.5) is 19.0 Å². The van der Waals surface area contributed by atoms with E-state index in [-0.39, 0.29) is 29.8 Å². The van der Waals surface area contributed by atoms with Gasteiger partial charge in [0.05, 0.1) is 11.7 Å². The Bertz CT molecular complexity index is 780. The molecule has 168 valence electrons. The van der Waals surface area contributed by atoms with Crippen molar-refractivity contribution in [2.75, 3.05) is 18.5 Å². The molecule has 1 amide bonds. The van der Waals surface area contributed by atoms with Crippen LogP contribution in [0.2, 0.25) is 0 Å². The van der Waals surface area contributed by atoms with Gasteiger partial charge in [-0.1, -0.05) is 20.8 Å². The maximum absolute atomic E-state index is 13.9. The molecule has 2 saturated heterocycles. The van der Waals surface area contributed by atoms with Crippen LogP contribution in [0.15, 0.2) is 6.07 Å². The average Bonchev–Trinajstić information content (AvgIpc) is 3.34. The lowest BCUT2D eigenvalue weighted by molar-refractivity contribution is -0.175. The van der Waals surface area contributed by atoms with Crippen LogP contribution in [-0.4, -0.2) is 52.1 Å². The molecule has 4 atom stereocenters. The van der Waals surface area contributed by atoms with Crippen molar-refractivity contribution in [1.29, 1.82) is 0 Å². The number of aromatic nitrogens is 2. The molecule has 6 nitrogen and oxygen atoms in total. The van der Waals surface area contributed by atoms with E-state index in [2.05, 4.69) is 10.4 Å². The third-order valence-electron chi connectivity index (χ3n) is 6.59. The number of hydrogen-bond acceptors (Lipinski definition) is 4. The first-order valence-corrected chi connectivity index (χ1v) is 10.9. The lowest BCUT2D eigenvalue weighted by Crippen LogP contribution is -2.45. The summed E-state index contributed by atoms with van der Waals surface area (Å²) in [6.45, 7) is 6.99. The maximum Gasteiger partial charge on any atom is 0.410 e.